The molecule has 1 unspecified atom stereocenters. The molecule has 0 aromatic heterocycles. The first-order valence-corrected chi connectivity index (χ1v) is 10.6. The van der Waals surface area contributed by atoms with Crippen molar-refractivity contribution in [2.45, 2.75) is 26.3 Å². The van der Waals surface area contributed by atoms with Crippen LogP contribution in [0, 0.1) is 0 Å². The number of nitrogens with one attached hydrogen (secondary N) is 1. The number of carbonyl (C=O) groups is 1. The summed E-state index contributed by atoms with van der Waals surface area (Å²) < 4.78 is 5.01. The summed E-state index contributed by atoms with van der Waals surface area (Å²) >= 11 is 1.50. The molecule has 28 heavy (non-hydrogen) atoms. The normalized spacial score (nSPS) is 17.1. The van der Waals surface area contributed by atoms with Gasteiger partial charge in [0, 0.05) is 19.0 Å². The van der Waals surface area contributed by atoms with E-state index in [0.717, 1.165) is 24.5 Å². The number of ether oxygens (including phenoxy) is 1. The number of hydrogen-bond acceptors (Lipinski definition) is 5. The number of aliphatic imine (C=N–C) groups is 1. The predicted octanol–water partition coefficient (Wildman–Crippen LogP) is 4.75. The Labute approximate surface area is 171 Å². The summed E-state index contributed by atoms with van der Waals surface area (Å²) in [6.45, 7) is 5.97. The Morgan fingerprint density at radius 3 is 2.71 bits per heavy atom. The Hall–Kier alpha value is -2.31. The summed E-state index contributed by atoms with van der Waals surface area (Å²) in [6.07, 6.45) is -0.466. The van der Waals surface area contributed by atoms with Gasteiger partial charge in [-0.25, -0.2) is 9.79 Å². The van der Waals surface area contributed by atoms with Crippen molar-refractivity contribution in [2.24, 2.45) is 4.99 Å². The molecule has 1 heterocycles. The van der Waals surface area contributed by atoms with Gasteiger partial charge in [0.15, 0.2) is 5.17 Å². The van der Waals surface area contributed by atoms with Crippen LogP contribution >= 0.6 is 11.8 Å². The summed E-state index contributed by atoms with van der Waals surface area (Å²) in [5.41, 5.74) is 4.73. The number of amides is 1. The van der Waals surface area contributed by atoms with Crippen LogP contribution in [0.25, 0.3) is 0 Å². The summed E-state index contributed by atoms with van der Waals surface area (Å²) in [6, 6.07) is 16.9. The zero-order valence-corrected chi connectivity index (χ0v) is 17.5. The van der Waals surface area contributed by atoms with E-state index in [-0.39, 0.29) is 0 Å². The van der Waals surface area contributed by atoms with Crippen molar-refractivity contribution in [3.05, 3.63) is 65.2 Å². The zero-order valence-electron chi connectivity index (χ0n) is 16.6. The van der Waals surface area contributed by atoms with Gasteiger partial charge in [0.25, 0.3) is 0 Å². The van der Waals surface area contributed by atoms with Gasteiger partial charge >= 0.3 is 6.09 Å². The third kappa shape index (κ3) is 4.94. The summed E-state index contributed by atoms with van der Waals surface area (Å²) in [5, 5.41) is 3.33. The van der Waals surface area contributed by atoms with Crippen LogP contribution in [-0.4, -0.2) is 42.1 Å². The maximum absolute atomic E-state index is 11.9. The van der Waals surface area contributed by atoms with Gasteiger partial charge in [-0.3, -0.25) is 5.32 Å². The quantitative estimate of drug-likeness (QED) is 0.597. The average molecular weight is 398 g/mol. The fourth-order valence-corrected chi connectivity index (χ4v) is 4.10. The first-order valence-electron chi connectivity index (χ1n) is 9.62. The lowest BCUT2D eigenvalue weighted by Crippen LogP contribution is -2.31. The van der Waals surface area contributed by atoms with E-state index in [1.807, 2.05) is 19.1 Å². The highest BCUT2D eigenvalue weighted by molar-refractivity contribution is 8.13. The fraction of sp³-hybridized carbons (Fsp3) is 0.364. The Morgan fingerprint density at radius 1 is 1.21 bits per heavy atom. The highest BCUT2D eigenvalue weighted by atomic mass is 32.2. The Kier molecular flexibility index (Phi) is 7.12. The number of hydrogen-bond donors (Lipinski definition) is 1. The minimum Gasteiger partial charge on any atom is -0.450 e. The third-order valence-corrected chi connectivity index (χ3v) is 5.43. The van der Waals surface area contributed by atoms with Gasteiger partial charge in [0.05, 0.1) is 12.3 Å². The maximum Gasteiger partial charge on any atom is 0.413 e. The van der Waals surface area contributed by atoms with Gasteiger partial charge in [-0.05, 0) is 42.5 Å². The summed E-state index contributed by atoms with van der Waals surface area (Å²) in [4.78, 5) is 19.0. The van der Waals surface area contributed by atoms with Crippen molar-refractivity contribution in [3.63, 3.8) is 0 Å². The number of likely N-dealkylation sites (N-methyl/N-ethyl adjacent to an activating group) is 1. The minimum atomic E-state index is -0.466. The van der Waals surface area contributed by atoms with Crippen molar-refractivity contribution in [2.75, 3.05) is 26.0 Å². The SMILES string of the molecule is CCOC(=O)NC(=Nc1cccc2c1CN(C)CC2c1ccccc1)SCC. The Morgan fingerprint density at radius 2 is 2.00 bits per heavy atom. The second-order valence-electron chi connectivity index (χ2n) is 6.70. The molecule has 148 valence electrons. The molecule has 0 saturated carbocycles. The van der Waals surface area contributed by atoms with Crippen molar-refractivity contribution < 1.29 is 9.53 Å². The van der Waals surface area contributed by atoms with E-state index in [0.29, 0.717) is 17.7 Å². The lowest BCUT2D eigenvalue weighted by atomic mass is 9.84. The first kappa shape index (κ1) is 20.4. The summed E-state index contributed by atoms with van der Waals surface area (Å²) in [7, 11) is 2.14. The largest absolute Gasteiger partial charge is 0.450 e. The molecule has 1 amide bonds. The van der Waals surface area contributed by atoms with Gasteiger partial charge in [-0.15, -0.1) is 0 Å². The van der Waals surface area contributed by atoms with Crippen LogP contribution < -0.4 is 5.32 Å². The number of alkyl carbamates (subject to hydrolysis) is 1. The van der Waals surface area contributed by atoms with Crippen LogP contribution in [0.3, 0.4) is 0 Å². The van der Waals surface area contributed by atoms with Gasteiger partial charge in [-0.2, -0.15) is 0 Å². The summed E-state index contributed by atoms with van der Waals surface area (Å²) in [5.74, 6) is 1.12. The molecule has 0 bridgehead atoms. The molecule has 0 fully saturated rings. The lowest BCUT2D eigenvalue weighted by molar-refractivity contribution is 0.158. The second-order valence-corrected chi connectivity index (χ2v) is 7.95. The van der Waals surface area contributed by atoms with E-state index in [9.17, 15) is 4.79 Å². The molecule has 0 radical (unpaired) electrons. The molecule has 5 nitrogen and oxygen atoms in total. The van der Waals surface area contributed by atoms with Crippen molar-refractivity contribution in [1.29, 1.82) is 0 Å². The number of amidine groups is 1. The number of fused-ring (bicyclic) bond motifs is 1. The van der Waals surface area contributed by atoms with Gasteiger partial charge in [-0.1, -0.05) is 61.2 Å². The highest BCUT2D eigenvalue weighted by Gasteiger charge is 2.26. The molecule has 2 aromatic rings. The molecule has 1 aliphatic heterocycles. The molecule has 0 spiro atoms. The van der Waals surface area contributed by atoms with Crippen molar-refractivity contribution in [1.82, 2.24) is 10.2 Å². The molecular weight excluding hydrogens is 370 g/mol. The molecule has 1 atom stereocenters. The standard InChI is InChI=1S/C22H27N3O2S/c1-4-27-22(26)24-21(28-5-2)23-20-13-9-12-17-18(14-25(3)15-19(17)20)16-10-7-6-8-11-16/h6-13,18H,4-5,14-15H2,1-3H3,(H,23,24,26). The zero-order chi connectivity index (χ0) is 19.9. The van der Waals surface area contributed by atoms with E-state index < -0.39 is 6.09 Å². The van der Waals surface area contributed by atoms with Crippen LogP contribution in [0.15, 0.2) is 53.5 Å². The smallest absolute Gasteiger partial charge is 0.413 e. The predicted molar refractivity (Wildman–Crippen MR) is 116 cm³/mol. The lowest BCUT2D eigenvalue weighted by Gasteiger charge is -2.33. The Balaban J connectivity index is 1.98. The van der Waals surface area contributed by atoms with Crippen LogP contribution in [0.1, 0.15) is 36.5 Å². The number of thioether (sulfide) groups is 1. The van der Waals surface area contributed by atoms with Crippen LogP contribution in [0.2, 0.25) is 0 Å². The van der Waals surface area contributed by atoms with E-state index in [4.69, 9.17) is 9.73 Å². The molecule has 0 saturated heterocycles. The monoisotopic (exact) mass is 397 g/mol. The molecule has 1 aliphatic rings. The van der Waals surface area contributed by atoms with E-state index in [1.165, 1.54) is 28.5 Å². The first-order chi connectivity index (χ1) is 13.6. The highest BCUT2D eigenvalue weighted by Crippen LogP contribution is 2.37. The van der Waals surface area contributed by atoms with Crippen molar-refractivity contribution >= 4 is 28.7 Å². The van der Waals surface area contributed by atoms with Gasteiger partial charge < -0.3 is 9.64 Å². The van der Waals surface area contributed by atoms with Crippen LogP contribution in [-0.2, 0) is 11.3 Å². The molecule has 6 heteroatoms. The van der Waals surface area contributed by atoms with Gasteiger partial charge in [0.2, 0.25) is 0 Å². The maximum atomic E-state index is 11.9. The van der Waals surface area contributed by atoms with Gasteiger partial charge in [0.1, 0.15) is 0 Å². The number of benzene rings is 2. The number of carbonyl (C=O) groups excluding carboxylic acids is 1. The molecule has 3 rings (SSSR count). The number of rotatable bonds is 4. The average Bonchev–Trinajstić information content (AvgIpc) is 2.69. The van der Waals surface area contributed by atoms with Crippen LogP contribution in [0.4, 0.5) is 10.5 Å². The molecular formula is C22H27N3O2S. The molecule has 2 aromatic carbocycles. The van der Waals surface area contributed by atoms with Crippen molar-refractivity contribution in [3.8, 4) is 0 Å². The third-order valence-electron chi connectivity index (χ3n) is 4.67. The fourth-order valence-electron chi connectivity index (χ4n) is 3.51. The second kappa shape index (κ2) is 9.75. The Bertz CT molecular complexity index is 839. The van der Waals surface area contributed by atoms with E-state index in [1.54, 1.807) is 6.92 Å². The van der Waals surface area contributed by atoms with Crippen LogP contribution in [0.5, 0.6) is 0 Å². The number of nitrogens with zero attached hydrogens (tertiary/aromatic N) is 2. The van der Waals surface area contributed by atoms with E-state index in [2.05, 4.69) is 53.7 Å². The van der Waals surface area contributed by atoms with E-state index >= 15 is 0 Å². The minimum absolute atomic E-state index is 0.311. The molecule has 0 aliphatic carbocycles. The molecule has 1 N–H and O–H groups in total. The topological polar surface area (TPSA) is 53.9 Å².